The van der Waals surface area contributed by atoms with Crippen LogP contribution in [0.5, 0.6) is 0 Å². The first-order valence-corrected chi connectivity index (χ1v) is 7.90. The Labute approximate surface area is 140 Å². The lowest BCUT2D eigenvalue weighted by atomic mass is 10.1. The van der Waals surface area contributed by atoms with Gasteiger partial charge in [-0.1, -0.05) is 60.7 Å². The van der Waals surface area contributed by atoms with Gasteiger partial charge in [-0.3, -0.25) is 0 Å². The highest BCUT2D eigenvalue weighted by molar-refractivity contribution is 5.97. The molecule has 0 aliphatic carbocycles. The number of benzene rings is 3. The third-order valence-electron chi connectivity index (χ3n) is 4.12. The Morgan fingerprint density at radius 2 is 1.46 bits per heavy atom. The summed E-state index contributed by atoms with van der Waals surface area (Å²) in [6.07, 6.45) is 6.24. The second-order valence-corrected chi connectivity index (χ2v) is 5.70. The van der Waals surface area contributed by atoms with E-state index < -0.39 is 0 Å². The lowest BCUT2D eigenvalue weighted by Crippen LogP contribution is -1.82. The summed E-state index contributed by atoms with van der Waals surface area (Å²) < 4.78 is 15.3. The van der Waals surface area contributed by atoms with Crippen LogP contribution in [0.15, 0.2) is 85.1 Å². The Balaban J connectivity index is 1.82. The van der Waals surface area contributed by atoms with E-state index in [-0.39, 0.29) is 5.82 Å². The van der Waals surface area contributed by atoms with E-state index in [1.807, 2.05) is 42.5 Å². The van der Waals surface area contributed by atoms with Gasteiger partial charge >= 0.3 is 0 Å². The molecule has 0 saturated heterocycles. The van der Waals surface area contributed by atoms with E-state index in [0.29, 0.717) is 0 Å². The molecule has 0 spiro atoms. The normalized spacial score (nSPS) is 11.4. The van der Waals surface area contributed by atoms with Crippen LogP contribution in [0.25, 0.3) is 34.3 Å². The maximum atomic E-state index is 13.2. The van der Waals surface area contributed by atoms with E-state index in [2.05, 4.69) is 47.3 Å². The van der Waals surface area contributed by atoms with Crippen LogP contribution in [0.3, 0.4) is 0 Å². The number of halogens is 1. The van der Waals surface area contributed by atoms with Crippen LogP contribution in [0.2, 0.25) is 0 Å². The van der Waals surface area contributed by atoms with Gasteiger partial charge in [0.1, 0.15) is 5.82 Å². The summed E-state index contributed by atoms with van der Waals surface area (Å²) in [6.45, 7) is 0. The standard InChI is InChI=1S/C22H16FN/c23-19-12-10-18(11-13-19)21-16-24(22-9-5-4-8-20(21)22)15-14-17-6-2-1-3-7-17/h1-16H/b15-14+. The summed E-state index contributed by atoms with van der Waals surface area (Å²) >= 11 is 0. The lowest BCUT2D eigenvalue weighted by molar-refractivity contribution is 0.628. The van der Waals surface area contributed by atoms with Gasteiger partial charge in [0.2, 0.25) is 0 Å². The Bertz CT molecular complexity index is 995. The molecule has 2 heteroatoms. The molecule has 1 aromatic heterocycles. The van der Waals surface area contributed by atoms with Crippen molar-refractivity contribution in [3.8, 4) is 11.1 Å². The highest BCUT2D eigenvalue weighted by Gasteiger charge is 2.08. The molecule has 0 aliphatic heterocycles. The largest absolute Gasteiger partial charge is 0.323 e. The topological polar surface area (TPSA) is 4.93 Å². The minimum atomic E-state index is -0.216. The van der Waals surface area contributed by atoms with Gasteiger partial charge in [-0.25, -0.2) is 4.39 Å². The van der Waals surface area contributed by atoms with Gasteiger partial charge in [-0.05, 0) is 35.4 Å². The van der Waals surface area contributed by atoms with E-state index in [1.54, 1.807) is 0 Å². The molecular weight excluding hydrogens is 297 g/mol. The van der Waals surface area contributed by atoms with E-state index in [0.717, 1.165) is 27.6 Å². The molecule has 0 fully saturated rings. The second kappa shape index (κ2) is 6.17. The van der Waals surface area contributed by atoms with Gasteiger partial charge in [-0.15, -0.1) is 0 Å². The predicted molar refractivity (Wildman–Crippen MR) is 99.0 cm³/mol. The maximum Gasteiger partial charge on any atom is 0.123 e. The van der Waals surface area contributed by atoms with Crippen molar-refractivity contribution in [1.29, 1.82) is 0 Å². The number of hydrogen-bond donors (Lipinski definition) is 0. The third kappa shape index (κ3) is 2.74. The van der Waals surface area contributed by atoms with Crippen LogP contribution in [0.4, 0.5) is 4.39 Å². The molecule has 0 unspecified atom stereocenters. The third-order valence-corrected chi connectivity index (χ3v) is 4.12. The van der Waals surface area contributed by atoms with Crippen LogP contribution in [0, 0.1) is 5.82 Å². The van der Waals surface area contributed by atoms with Crippen LogP contribution >= 0.6 is 0 Å². The molecule has 3 aromatic carbocycles. The fraction of sp³-hybridized carbons (Fsp3) is 0. The average Bonchev–Trinajstić information content (AvgIpc) is 3.00. The summed E-state index contributed by atoms with van der Waals surface area (Å²) in [5, 5.41) is 1.15. The van der Waals surface area contributed by atoms with Gasteiger partial charge in [0.15, 0.2) is 0 Å². The molecule has 0 bridgehead atoms. The zero-order valence-electron chi connectivity index (χ0n) is 13.1. The zero-order chi connectivity index (χ0) is 16.4. The van der Waals surface area contributed by atoms with E-state index >= 15 is 0 Å². The Hall–Kier alpha value is -3.13. The first-order valence-electron chi connectivity index (χ1n) is 7.90. The lowest BCUT2D eigenvalue weighted by Gasteiger charge is -1.98. The Kier molecular flexibility index (Phi) is 3.72. The van der Waals surface area contributed by atoms with E-state index in [1.165, 1.54) is 12.1 Å². The van der Waals surface area contributed by atoms with Crippen molar-refractivity contribution in [2.24, 2.45) is 0 Å². The molecule has 0 N–H and O–H groups in total. The molecule has 116 valence electrons. The number of aromatic nitrogens is 1. The zero-order valence-corrected chi connectivity index (χ0v) is 13.1. The van der Waals surface area contributed by atoms with Gasteiger partial charge in [-0.2, -0.15) is 0 Å². The molecule has 1 heterocycles. The number of rotatable bonds is 3. The number of para-hydroxylation sites is 1. The summed E-state index contributed by atoms with van der Waals surface area (Å²) in [7, 11) is 0. The molecule has 0 saturated carbocycles. The maximum absolute atomic E-state index is 13.2. The molecule has 1 nitrogen and oxygen atoms in total. The second-order valence-electron chi connectivity index (χ2n) is 5.70. The monoisotopic (exact) mass is 313 g/mol. The van der Waals surface area contributed by atoms with Crippen molar-refractivity contribution in [3.63, 3.8) is 0 Å². The molecular formula is C22H16FN. The molecule has 4 rings (SSSR count). The molecule has 0 radical (unpaired) electrons. The molecule has 4 aromatic rings. The van der Waals surface area contributed by atoms with Crippen molar-refractivity contribution in [2.45, 2.75) is 0 Å². The van der Waals surface area contributed by atoms with E-state index in [4.69, 9.17) is 0 Å². The Morgan fingerprint density at radius 1 is 0.750 bits per heavy atom. The minimum Gasteiger partial charge on any atom is -0.323 e. The van der Waals surface area contributed by atoms with Gasteiger partial charge in [0, 0.05) is 23.3 Å². The van der Waals surface area contributed by atoms with Crippen LogP contribution in [-0.4, -0.2) is 4.57 Å². The average molecular weight is 313 g/mol. The van der Waals surface area contributed by atoms with Gasteiger partial charge < -0.3 is 4.57 Å². The van der Waals surface area contributed by atoms with Gasteiger partial charge in [0.05, 0.1) is 5.52 Å². The number of nitrogens with zero attached hydrogens (tertiary/aromatic N) is 1. The summed E-state index contributed by atoms with van der Waals surface area (Å²) in [4.78, 5) is 0. The van der Waals surface area contributed by atoms with Crippen molar-refractivity contribution in [2.75, 3.05) is 0 Å². The minimum absolute atomic E-state index is 0.216. The van der Waals surface area contributed by atoms with Crippen molar-refractivity contribution < 1.29 is 4.39 Å². The quantitative estimate of drug-likeness (QED) is 0.432. The molecule has 24 heavy (non-hydrogen) atoms. The Morgan fingerprint density at radius 3 is 2.25 bits per heavy atom. The fourth-order valence-electron chi connectivity index (χ4n) is 2.92. The van der Waals surface area contributed by atoms with Crippen LogP contribution < -0.4 is 0 Å². The first kappa shape index (κ1) is 14.5. The fourth-order valence-corrected chi connectivity index (χ4v) is 2.92. The van der Waals surface area contributed by atoms with Crippen molar-refractivity contribution >= 4 is 23.2 Å². The van der Waals surface area contributed by atoms with Crippen LogP contribution in [-0.2, 0) is 0 Å². The number of hydrogen-bond acceptors (Lipinski definition) is 0. The summed E-state index contributed by atoms with van der Waals surface area (Å²) in [5.41, 5.74) is 4.39. The summed E-state index contributed by atoms with van der Waals surface area (Å²) in [6, 6.07) is 25.1. The first-order chi connectivity index (χ1) is 11.8. The molecule has 0 atom stereocenters. The highest BCUT2D eigenvalue weighted by atomic mass is 19.1. The molecule has 0 amide bonds. The predicted octanol–water partition coefficient (Wildman–Crippen LogP) is 6.08. The highest BCUT2D eigenvalue weighted by Crippen LogP contribution is 2.31. The number of fused-ring (bicyclic) bond motifs is 1. The smallest absolute Gasteiger partial charge is 0.123 e. The summed E-state index contributed by atoms with van der Waals surface area (Å²) in [5.74, 6) is -0.216. The van der Waals surface area contributed by atoms with Crippen LogP contribution in [0.1, 0.15) is 5.56 Å². The van der Waals surface area contributed by atoms with Gasteiger partial charge in [0.25, 0.3) is 0 Å². The SMILES string of the molecule is Fc1ccc(-c2cn(/C=C/c3ccccc3)c3ccccc23)cc1. The van der Waals surface area contributed by atoms with E-state index in [9.17, 15) is 4.39 Å². The molecule has 0 aliphatic rings. The van der Waals surface area contributed by atoms with Crippen molar-refractivity contribution in [1.82, 2.24) is 4.57 Å². The van der Waals surface area contributed by atoms with Crippen molar-refractivity contribution in [3.05, 3.63) is 96.4 Å².